The van der Waals surface area contributed by atoms with Crippen LogP contribution in [-0.2, 0) is 0 Å². The second kappa shape index (κ2) is 22.9. The van der Waals surface area contributed by atoms with Crippen LogP contribution in [0.2, 0.25) is 0 Å². The fourth-order valence-corrected chi connectivity index (χ4v) is 6.99. The average molecular weight is 505 g/mol. The van der Waals surface area contributed by atoms with Gasteiger partial charge in [0.1, 0.15) is 0 Å². The topological polar surface area (TPSA) is 0 Å². The Morgan fingerprint density at radius 1 is 0.250 bits per heavy atom. The first-order chi connectivity index (χ1) is 17.4. The quantitative estimate of drug-likeness (QED) is 0.358. The first kappa shape index (κ1) is 34.0. The summed E-state index contributed by atoms with van der Waals surface area (Å²) in [5, 5.41) is 0. The molecular formula is C36H72. The molecule has 0 radical (unpaired) electrons. The smallest absolute Gasteiger partial charge is 0.0391 e. The highest BCUT2D eigenvalue weighted by atomic mass is 14.2. The van der Waals surface area contributed by atoms with Crippen LogP contribution < -0.4 is 0 Å². The van der Waals surface area contributed by atoms with Gasteiger partial charge in [-0.1, -0.05) is 196 Å². The SMILES string of the molecule is CC(C)C1CCCCCCC1.CC(C)C1CCCCCCCC1.CC(C)C1CCCCCCCCC1. The Hall–Kier alpha value is 0. The van der Waals surface area contributed by atoms with Gasteiger partial charge in [0.25, 0.3) is 0 Å². The molecule has 0 heteroatoms. The standard InChI is InChI=1S/C13H26.C12H24.C11H22/c1-12(2)13-10-8-6-4-3-5-7-9-11-13;1-11(2)12-9-7-5-3-4-6-8-10-12;1-10(2)11-8-6-4-3-5-7-9-11/h12-13H,3-11H2,1-2H3;11-12H,3-10H2,1-2H3;10-11H,3-9H2,1-2H3. The van der Waals surface area contributed by atoms with Crippen molar-refractivity contribution in [3.63, 3.8) is 0 Å². The molecule has 0 aromatic heterocycles. The maximum Gasteiger partial charge on any atom is -0.0391 e. The maximum absolute atomic E-state index is 2.40. The summed E-state index contributed by atoms with van der Waals surface area (Å²) in [5.74, 6) is 5.85. The van der Waals surface area contributed by atoms with Gasteiger partial charge in [0.2, 0.25) is 0 Å². The molecule has 0 atom stereocenters. The molecule has 3 saturated carbocycles. The van der Waals surface area contributed by atoms with Crippen molar-refractivity contribution in [2.75, 3.05) is 0 Å². The third-order valence-electron chi connectivity index (χ3n) is 10.0. The Kier molecular flexibility index (Phi) is 21.7. The summed E-state index contributed by atoms with van der Waals surface area (Å²) in [6, 6.07) is 0. The van der Waals surface area contributed by atoms with Crippen LogP contribution in [0, 0.1) is 35.5 Å². The fourth-order valence-electron chi connectivity index (χ4n) is 6.99. The monoisotopic (exact) mass is 505 g/mol. The number of rotatable bonds is 3. The Labute approximate surface area is 231 Å². The van der Waals surface area contributed by atoms with Crippen molar-refractivity contribution in [3.05, 3.63) is 0 Å². The minimum absolute atomic E-state index is 0.916. The van der Waals surface area contributed by atoms with E-state index >= 15 is 0 Å². The lowest BCUT2D eigenvalue weighted by Crippen LogP contribution is -2.10. The Bertz CT molecular complexity index is 419. The molecule has 0 unspecified atom stereocenters. The normalized spacial score (nSPS) is 23.2. The highest BCUT2D eigenvalue weighted by Gasteiger charge is 2.15. The summed E-state index contributed by atoms with van der Waals surface area (Å²) in [7, 11) is 0. The molecular weight excluding hydrogens is 432 g/mol. The first-order valence-electron chi connectivity index (χ1n) is 17.4. The molecule has 0 spiro atoms. The van der Waals surface area contributed by atoms with E-state index in [0.717, 1.165) is 35.5 Å². The molecule has 0 bridgehead atoms. The molecule has 36 heavy (non-hydrogen) atoms. The van der Waals surface area contributed by atoms with Crippen molar-refractivity contribution >= 4 is 0 Å². The van der Waals surface area contributed by atoms with Crippen LogP contribution in [0.3, 0.4) is 0 Å². The van der Waals surface area contributed by atoms with Crippen LogP contribution in [0.15, 0.2) is 0 Å². The second-order valence-corrected chi connectivity index (χ2v) is 14.1. The van der Waals surface area contributed by atoms with E-state index in [0.29, 0.717) is 0 Å². The van der Waals surface area contributed by atoms with E-state index in [4.69, 9.17) is 0 Å². The molecule has 3 aliphatic rings. The van der Waals surface area contributed by atoms with Crippen molar-refractivity contribution in [2.24, 2.45) is 35.5 Å². The molecule has 0 saturated heterocycles. The van der Waals surface area contributed by atoms with Crippen LogP contribution in [-0.4, -0.2) is 0 Å². The second-order valence-electron chi connectivity index (χ2n) is 14.1. The van der Waals surface area contributed by atoms with Crippen LogP contribution in [0.1, 0.15) is 196 Å². The first-order valence-corrected chi connectivity index (χ1v) is 17.4. The fraction of sp³-hybridized carbons (Fsp3) is 1.00. The van der Waals surface area contributed by atoms with E-state index in [1.807, 2.05) is 0 Å². The minimum Gasteiger partial charge on any atom is -0.0625 e. The average Bonchev–Trinajstić information content (AvgIpc) is 2.97. The third-order valence-corrected chi connectivity index (χ3v) is 10.0. The van der Waals surface area contributed by atoms with E-state index in [2.05, 4.69) is 41.5 Å². The van der Waals surface area contributed by atoms with Crippen LogP contribution in [0.25, 0.3) is 0 Å². The molecule has 0 aliphatic heterocycles. The summed E-state index contributed by atoms with van der Waals surface area (Å²) in [5.41, 5.74) is 0. The molecule has 0 aromatic carbocycles. The van der Waals surface area contributed by atoms with Crippen LogP contribution >= 0.6 is 0 Å². The Balaban J connectivity index is 0.000000271. The van der Waals surface area contributed by atoms with E-state index in [-0.39, 0.29) is 0 Å². The zero-order valence-electron chi connectivity index (χ0n) is 26.4. The predicted molar refractivity (Wildman–Crippen MR) is 166 cm³/mol. The predicted octanol–water partition coefficient (Wildman–Crippen LogP) is 13.2. The molecule has 216 valence electrons. The zero-order chi connectivity index (χ0) is 26.4. The lowest BCUT2D eigenvalue weighted by Gasteiger charge is -2.22. The lowest BCUT2D eigenvalue weighted by molar-refractivity contribution is 0.298. The van der Waals surface area contributed by atoms with Gasteiger partial charge in [0.15, 0.2) is 0 Å². The van der Waals surface area contributed by atoms with Gasteiger partial charge in [-0.3, -0.25) is 0 Å². The van der Waals surface area contributed by atoms with Gasteiger partial charge < -0.3 is 0 Å². The van der Waals surface area contributed by atoms with Crippen molar-refractivity contribution in [2.45, 2.75) is 196 Å². The third kappa shape index (κ3) is 18.3. The number of hydrogen-bond acceptors (Lipinski definition) is 0. The van der Waals surface area contributed by atoms with Gasteiger partial charge >= 0.3 is 0 Å². The molecule has 3 rings (SSSR count). The van der Waals surface area contributed by atoms with Gasteiger partial charge in [-0.05, 0) is 35.5 Å². The summed E-state index contributed by atoms with van der Waals surface area (Å²) >= 11 is 0. The maximum atomic E-state index is 2.40. The van der Waals surface area contributed by atoms with Crippen molar-refractivity contribution < 1.29 is 0 Å². The minimum atomic E-state index is 0.916. The largest absolute Gasteiger partial charge is 0.0625 e. The molecule has 0 nitrogen and oxygen atoms in total. The van der Waals surface area contributed by atoms with Gasteiger partial charge in [-0.25, -0.2) is 0 Å². The van der Waals surface area contributed by atoms with Gasteiger partial charge in [0, 0.05) is 0 Å². The number of hydrogen-bond donors (Lipinski definition) is 0. The van der Waals surface area contributed by atoms with E-state index in [1.165, 1.54) is 154 Å². The molecule has 0 amide bonds. The highest BCUT2D eigenvalue weighted by molar-refractivity contribution is 4.67. The van der Waals surface area contributed by atoms with E-state index < -0.39 is 0 Å². The zero-order valence-corrected chi connectivity index (χ0v) is 26.4. The van der Waals surface area contributed by atoms with Crippen molar-refractivity contribution in [3.8, 4) is 0 Å². The van der Waals surface area contributed by atoms with Gasteiger partial charge in [0.05, 0.1) is 0 Å². The van der Waals surface area contributed by atoms with Gasteiger partial charge in [-0.15, -0.1) is 0 Å². The van der Waals surface area contributed by atoms with E-state index in [1.54, 1.807) is 0 Å². The molecule has 3 fully saturated rings. The molecule has 3 aliphatic carbocycles. The highest BCUT2D eigenvalue weighted by Crippen LogP contribution is 2.29. The van der Waals surface area contributed by atoms with Crippen LogP contribution in [0.4, 0.5) is 0 Å². The summed E-state index contributed by atoms with van der Waals surface area (Å²) in [6.45, 7) is 14.3. The Morgan fingerprint density at radius 2 is 0.389 bits per heavy atom. The molecule has 0 aromatic rings. The van der Waals surface area contributed by atoms with Gasteiger partial charge in [-0.2, -0.15) is 0 Å². The molecule has 0 heterocycles. The van der Waals surface area contributed by atoms with Crippen molar-refractivity contribution in [1.82, 2.24) is 0 Å². The summed E-state index contributed by atoms with van der Waals surface area (Å²) in [6.07, 6.45) is 35.8. The lowest BCUT2D eigenvalue weighted by atomic mass is 9.84. The summed E-state index contributed by atoms with van der Waals surface area (Å²) < 4.78 is 0. The Morgan fingerprint density at radius 3 is 0.528 bits per heavy atom. The summed E-state index contributed by atoms with van der Waals surface area (Å²) in [4.78, 5) is 0. The van der Waals surface area contributed by atoms with Crippen LogP contribution in [0.5, 0.6) is 0 Å². The van der Waals surface area contributed by atoms with Crippen molar-refractivity contribution in [1.29, 1.82) is 0 Å². The molecule has 0 N–H and O–H groups in total. The van der Waals surface area contributed by atoms with E-state index in [9.17, 15) is 0 Å².